The van der Waals surface area contributed by atoms with Gasteiger partial charge in [-0.25, -0.2) is 0 Å². The lowest BCUT2D eigenvalue weighted by atomic mass is 10.1. The van der Waals surface area contributed by atoms with Crippen LogP contribution >= 0.6 is 24.0 Å². The predicted octanol–water partition coefficient (Wildman–Crippen LogP) is 0.567. The molecule has 0 amide bonds. The molecule has 2 rings (SSSR count). The van der Waals surface area contributed by atoms with E-state index in [1.54, 1.807) is 0 Å². The second-order valence-corrected chi connectivity index (χ2v) is 6.85. The number of aliphatic imine (C=N–C) groups is 1. The fourth-order valence-corrected chi connectivity index (χ4v) is 2.77. The Kier molecular flexibility index (Phi) is 11.1. The van der Waals surface area contributed by atoms with Gasteiger partial charge >= 0.3 is 0 Å². The van der Waals surface area contributed by atoms with Crippen LogP contribution in [0.1, 0.15) is 32.0 Å². The van der Waals surface area contributed by atoms with Gasteiger partial charge in [-0.15, -0.1) is 24.0 Å². The minimum Gasteiger partial charge on any atom is -0.387 e. The molecule has 1 aliphatic heterocycles. The van der Waals surface area contributed by atoms with Crippen LogP contribution in [-0.4, -0.2) is 84.2 Å². The van der Waals surface area contributed by atoms with Crippen LogP contribution in [0.4, 0.5) is 0 Å². The second kappa shape index (κ2) is 12.5. The van der Waals surface area contributed by atoms with Gasteiger partial charge in [0.2, 0.25) is 5.89 Å². The van der Waals surface area contributed by atoms with Gasteiger partial charge in [-0.3, -0.25) is 9.89 Å². The van der Waals surface area contributed by atoms with Crippen LogP contribution in [0.3, 0.4) is 0 Å². The van der Waals surface area contributed by atoms with Crippen molar-refractivity contribution < 1.29 is 14.4 Å². The first-order chi connectivity index (χ1) is 12.5. The number of ether oxygens (including phenoxy) is 1. The monoisotopic (exact) mass is 496 g/mol. The molecule has 3 N–H and O–H groups in total. The summed E-state index contributed by atoms with van der Waals surface area (Å²) in [4.78, 5) is 10.9. The molecule has 0 aliphatic carbocycles. The molecule has 1 fully saturated rings. The highest BCUT2D eigenvalue weighted by Crippen LogP contribution is 2.09. The SMILES string of the molecule is CCNC(=NCC(C)(O)CN1CCOCC1)NCCCc1nc(C)no1.I. The highest BCUT2D eigenvalue weighted by molar-refractivity contribution is 14.0. The summed E-state index contributed by atoms with van der Waals surface area (Å²) >= 11 is 0. The Morgan fingerprint density at radius 2 is 2.07 bits per heavy atom. The molecule has 156 valence electrons. The zero-order valence-electron chi connectivity index (χ0n) is 16.5. The first kappa shape index (κ1) is 24.1. The summed E-state index contributed by atoms with van der Waals surface area (Å²) in [6, 6.07) is 0. The van der Waals surface area contributed by atoms with E-state index in [4.69, 9.17) is 9.26 Å². The minimum absolute atomic E-state index is 0. The molecule has 2 heterocycles. The van der Waals surface area contributed by atoms with Crippen molar-refractivity contribution in [2.75, 3.05) is 52.5 Å². The topological polar surface area (TPSA) is 108 Å². The van der Waals surface area contributed by atoms with Crippen molar-refractivity contribution in [3.63, 3.8) is 0 Å². The van der Waals surface area contributed by atoms with E-state index in [0.717, 1.165) is 52.2 Å². The van der Waals surface area contributed by atoms with Crippen molar-refractivity contribution in [2.45, 2.75) is 39.2 Å². The first-order valence-electron chi connectivity index (χ1n) is 9.32. The maximum absolute atomic E-state index is 10.6. The fourth-order valence-electron chi connectivity index (χ4n) is 2.77. The van der Waals surface area contributed by atoms with Crippen molar-refractivity contribution in [2.24, 2.45) is 4.99 Å². The molecule has 1 aromatic heterocycles. The van der Waals surface area contributed by atoms with Crippen molar-refractivity contribution in [1.82, 2.24) is 25.7 Å². The fraction of sp³-hybridized carbons (Fsp3) is 0.824. The van der Waals surface area contributed by atoms with Gasteiger partial charge < -0.3 is 25.0 Å². The van der Waals surface area contributed by atoms with Crippen LogP contribution in [-0.2, 0) is 11.2 Å². The first-order valence-corrected chi connectivity index (χ1v) is 9.32. The third-order valence-electron chi connectivity index (χ3n) is 4.02. The van der Waals surface area contributed by atoms with Crippen LogP contribution in [0.2, 0.25) is 0 Å². The molecule has 0 aromatic carbocycles. The molecule has 27 heavy (non-hydrogen) atoms. The Hall–Kier alpha value is -0.980. The average molecular weight is 496 g/mol. The summed E-state index contributed by atoms with van der Waals surface area (Å²) in [5, 5.41) is 20.9. The largest absolute Gasteiger partial charge is 0.387 e. The van der Waals surface area contributed by atoms with Crippen LogP contribution in [0.25, 0.3) is 0 Å². The van der Waals surface area contributed by atoms with Crippen molar-refractivity contribution in [3.8, 4) is 0 Å². The Bertz CT molecular complexity index is 561. The zero-order chi connectivity index (χ0) is 18.8. The van der Waals surface area contributed by atoms with E-state index in [9.17, 15) is 5.11 Å². The molecule has 0 spiro atoms. The normalized spacial score (nSPS) is 17.9. The minimum atomic E-state index is -0.874. The quantitative estimate of drug-likeness (QED) is 0.197. The van der Waals surface area contributed by atoms with Gasteiger partial charge in [0.15, 0.2) is 11.8 Å². The smallest absolute Gasteiger partial charge is 0.226 e. The lowest BCUT2D eigenvalue weighted by Gasteiger charge is -2.33. The molecule has 0 bridgehead atoms. The maximum Gasteiger partial charge on any atom is 0.226 e. The van der Waals surface area contributed by atoms with E-state index in [1.807, 2.05) is 20.8 Å². The zero-order valence-corrected chi connectivity index (χ0v) is 18.9. The number of aryl methyl sites for hydroxylation is 2. The number of aromatic nitrogens is 2. The average Bonchev–Trinajstić information content (AvgIpc) is 3.02. The lowest BCUT2D eigenvalue weighted by molar-refractivity contribution is -0.0179. The molecule has 1 saturated heterocycles. The number of aliphatic hydroxyl groups is 1. The van der Waals surface area contributed by atoms with Crippen molar-refractivity contribution >= 4 is 29.9 Å². The van der Waals surface area contributed by atoms with Gasteiger partial charge in [0.1, 0.15) is 0 Å². The summed E-state index contributed by atoms with van der Waals surface area (Å²) in [6.45, 7) is 11.2. The molecule has 1 unspecified atom stereocenters. The summed E-state index contributed by atoms with van der Waals surface area (Å²) < 4.78 is 10.4. The van der Waals surface area contributed by atoms with E-state index in [-0.39, 0.29) is 24.0 Å². The third kappa shape index (κ3) is 9.67. The number of morpholine rings is 1. The molecule has 10 heteroatoms. The molecule has 9 nitrogen and oxygen atoms in total. The molecule has 1 aliphatic rings. The Morgan fingerprint density at radius 1 is 1.33 bits per heavy atom. The van der Waals surface area contributed by atoms with Gasteiger partial charge in [0, 0.05) is 39.1 Å². The molecule has 0 saturated carbocycles. The van der Waals surface area contributed by atoms with Crippen molar-refractivity contribution in [1.29, 1.82) is 0 Å². The Morgan fingerprint density at radius 3 is 2.70 bits per heavy atom. The van der Waals surface area contributed by atoms with E-state index in [1.165, 1.54) is 0 Å². The molecule has 1 aromatic rings. The van der Waals surface area contributed by atoms with Gasteiger partial charge in [-0.1, -0.05) is 5.16 Å². The third-order valence-corrected chi connectivity index (χ3v) is 4.02. The molecule has 1 atom stereocenters. The second-order valence-electron chi connectivity index (χ2n) is 6.85. The number of guanidine groups is 1. The molecular weight excluding hydrogens is 463 g/mol. The van der Waals surface area contributed by atoms with Gasteiger partial charge in [-0.05, 0) is 27.2 Å². The molecule has 0 radical (unpaired) electrons. The van der Waals surface area contributed by atoms with Gasteiger partial charge in [0.25, 0.3) is 0 Å². The van der Waals surface area contributed by atoms with E-state index >= 15 is 0 Å². The van der Waals surface area contributed by atoms with E-state index < -0.39 is 5.60 Å². The predicted molar refractivity (Wildman–Crippen MR) is 115 cm³/mol. The summed E-state index contributed by atoms with van der Waals surface area (Å²) in [5.74, 6) is 2.02. The van der Waals surface area contributed by atoms with Gasteiger partial charge in [-0.2, -0.15) is 4.98 Å². The summed E-state index contributed by atoms with van der Waals surface area (Å²) in [6.07, 6.45) is 1.58. The number of nitrogens with zero attached hydrogens (tertiary/aromatic N) is 4. The number of halogens is 1. The van der Waals surface area contributed by atoms with E-state index in [0.29, 0.717) is 30.8 Å². The lowest BCUT2D eigenvalue weighted by Crippen LogP contribution is -2.48. The van der Waals surface area contributed by atoms with Gasteiger partial charge in [0.05, 0.1) is 25.4 Å². The number of hydrogen-bond acceptors (Lipinski definition) is 7. The van der Waals surface area contributed by atoms with E-state index in [2.05, 4.69) is 30.7 Å². The summed E-state index contributed by atoms with van der Waals surface area (Å²) in [5.41, 5.74) is -0.874. The van der Waals surface area contributed by atoms with Crippen LogP contribution in [0.15, 0.2) is 9.52 Å². The number of rotatable bonds is 9. The highest BCUT2D eigenvalue weighted by atomic mass is 127. The number of hydrogen-bond donors (Lipinski definition) is 3. The van der Waals surface area contributed by atoms with Crippen LogP contribution in [0, 0.1) is 6.92 Å². The highest BCUT2D eigenvalue weighted by Gasteiger charge is 2.25. The molecular formula is C17H33IN6O3. The standard InChI is InChI=1S/C17H32N6O3.HI/c1-4-18-16(19-7-5-6-15-21-14(2)22-26-15)20-12-17(3,24)13-23-8-10-25-11-9-23;/h24H,4-13H2,1-3H3,(H2,18,19,20);1H. The van der Waals surface area contributed by atoms with Crippen molar-refractivity contribution in [3.05, 3.63) is 11.7 Å². The number of nitrogens with one attached hydrogen (secondary N) is 2. The summed E-state index contributed by atoms with van der Waals surface area (Å²) in [7, 11) is 0. The Labute approximate surface area is 178 Å². The Balaban J connectivity index is 0.00000364. The maximum atomic E-state index is 10.6. The van der Waals surface area contributed by atoms with Crippen LogP contribution < -0.4 is 10.6 Å². The van der Waals surface area contributed by atoms with Crippen LogP contribution in [0.5, 0.6) is 0 Å². The number of β-amino-alcohol motifs (C(OH)–C–C–N with tert-alkyl or cyclic N) is 1.